The Morgan fingerprint density at radius 3 is 2.65 bits per heavy atom. The van der Waals surface area contributed by atoms with E-state index in [0.29, 0.717) is 25.9 Å². The molecule has 1 fully saturated rings. The number of carboxylic acid groups (broad SMARTS) is 1. The largest absolute Gasteiger partial charge is 0.480 e. The number of nitrogens with one attached hydrogen (secondary N) is 1. The molecule has 0 radical (unpaired) electrons. The summed E-state index contributed by atoms with van der Waals surface area (Å²) in [7, 11) is 0. The van der Waals surface area contributed by atoms with Gasteiger partial charge in [0.1, 0.15) is 5.41 Å². The van der Waals surface area contributed by atoms with Crippen LogP contribution < -0.4 is 5.32 Å². The maximum atomic E-state index is 12.1. The van der Waals surface area contributed by atoms with Gasteiger partial charge in [-0.25, -0.2) is 4.98 Å². The van der Waals surface area contributed by atoms with E-state index < -0.39 is 17.3 Å². The lowest BCUT2D eigenvalue weighted by Gasteiger charge is -2.12. The number of carbonyl (C=O) groups is 2. The van der Waals surface area contributed by atoms with E-state index in [1.165, 1.54) is 0 Å². The highest BCUT2D eigenvalue weighted by atomic mass is 16.4. The van der Waals surface area contributed by atoms with Crippen molar-refractivity contribution < 1.29 is 14.7 Å². The molecule has 0 saturated heterocycles. The van der Waals surface area contributed by atoms with Crippen LogP contribution in [0.2, 0.25) is 0 Å². The number of para-hydroxylation sites is 2. The average Bonchev–Trinajstić information content (AvgIpc) is 3.38. The van der Waals surface area contributed by atoms with Gasteiger partial charge in [-0.2, -0.15) is 0 Å². The van der Waals surface area contributed by atoms with Crippen molar-refractivity contribution in [2.45, 2.75) is 25.9 Å². The summed E-state index contributed by atoms with van der Waals surface area (Å²) in [6, 6.07) is 15.9. The highest BCUT2D eigenvalue weighted by molar-refractivity contribution is 6.04. The predicted octanol–water partition coefficient (Wildman–Crippen LogP) is 2.57. The molecular weight excluding hydrogens is 330 g/mol. The van der Waals surface area contributed by atoms with Crippen LogP contribution in [0, 0.1) is 5.41 Å². The molecule has 0 spiro atoms. The molecule has 2 aromatic carbocycles. The van der Waals surface area contributed by atoms with Crippen LogP contribution in [0.1, 0.15) is 24.0 Å². The van der Waals surface area contributed by atoms with Crippen molar-refractivity contribution in [2.24, 2.45) is 5.41 Å². The number of nitrogens with zero attached hydrogens (tertiary/aromatic N) is 2. The average molecular weight is 349 g/mol. The van der Waals surface area contributed by atoms with E-state index in [-0.39, 0.29) is 0 Å². The molecule has 0 atom stereocenters. The number of benzene rings is 2. The first kappa shape index (κ1) is 16.3. The molecule has 26 heavy (non-hydrogen) atoms. The molecule has 6 nitrogen and oxygen atoms in total. The molecule has 132 valence electrons. The number of carboxylic acids is 1. The summed E-state index contributed by atoms with van der Waals surface area (Å²) < 4.78 is 2.08. The molecule has 1 saturated carbocycles. The van der Waals surface area contributed by atoms with Crippen LogP contribution in [-0.4, -0.2) is 26.5 Å². The van der Waals surface area contributed by atoms with Gasteiger partial charge >= 0.3 is 5.97 Å². The van der Waals surface area contributed by atoms with E-state index in [1.807, 2.05) is 54.9 Å². The number of aliphatic carboxylic acids is 1. The lowest BCUT2D eigenvalue weighted by Crippen LogP contribution is -2.36. The molecule has 1 aromatic heterocycles. The van der Waals surface area contributed by atoms with Crippen molar-refractivity contribution in [1.29, 1.82) is 0 Å². The number of hydrogen-bond acceptors (Lipinski definition) is 3. The first-order valence-electron chi connectivity index (χ1n) is 8.58. The van der Waals surface area contributed by atoms with Crippen molar-refractivity contribution in [2.75, 3.05) is 0 Å². The molecular formula is C20H19N3O3. The van der Waals surface area contributed by atoms with Gasteiger partial charge in [0.2, 0.25) is 5.91 Å². The van der Waals surface area contributed by atoms with E-state index in [2.05, 4.69) is 14.9 Å². The van der Waals surface area contributed by atoms with Crippen LogP contribution in [0.5, 0.6) is 0 Å². The van der Waals surface area contributed by atoms with Crippen LogP contribution in [0.25, 0.3) is 11.0 Å². The zero-order chi connectivity index (χ0) is 18.1. The van der Waals surface area contributed by atoms with Crippen molar-refractivity contribution in [1.82, 2.24) is 14.9 Å². The second-order valence-corrected chi connectivity index (χ2v) is 6.75. The van der Waals surface area contributed by atoms with Gasteiger partial charge in [0, 0.05) is 13.1 Å². The Labute approximate surface area is 150 Å². The van der Waals surface area contributed by atoms with E-state index in [4.69, 9.17) is 0 Å². The fourth-order valence-electron chi connectivity index (χ4n) is 3.19. The predicted molar refractivity (Wildman–Crippen MR) is 96.4 cm³/mol. The Morgan fingerprint density at radius 2 is 1.88 bits per heavy atom. The Morgan fingerprint density at radius 1 is 1.12 bits per heavy atom. The second-order valence-electron chi connectivity index (χ2n) is 6.75. The van der Waals surface area contributed by atoms with E-state index in [1.54, 1.807) is 0 Å². The molecule has 0 bridgehead atoms. The van der Waals surface area contributed by atoms with Crippen LogP contribution in [0.15, 0.2) is 54.9 Å². The fourth-order valence-corrected chi connectivity index (χ4v) is 3.19. The SMILES string of the molecule is O=C(O)C1(C(=O)NCc2cccc(Cn3cnc4ccccc43)c2)CC1. The summed E-state index contributed by atoms with van der Waals surface area (Å²) in [4.78, 5) is 27.7. The van der Waals surface area contributed by atoms with Gasteiger partial charge in [-0.3, -0.25) is 9.59 Å². The van der Waals surface area contributed by atoms with Crippen molar-refractivity contribution in [3.05, 3.63) is 66.0 Å². The number of imidazole rings is 1. The van der Waals surface area contributed by atoms with Crippen LogP contribution in [-0.2, 0) is 22.7 Å². The maximum absolute atomic E-state index is 12.1. The lowest BCUT2D eigenvalue weighted by atomic mass is 10.1. The Hall–Kier alpha value is -3.15. The molecule has 3 aromatic rings. The van der Waals surface area contributed by atoms with Crippen LogP contribution in [0.3, 0.4) is 0 Å². The normalized spacial score (nSPS) is 14.9. The van der Waals surface area contributed by atoms with Gasteiger partial charge in [-0.05, 0) is 36.1 Å². The molecule has 4 rings (SSSR count). The molecule has 6 heteroatoms. The third kappa shape index (κ3) is 2.94. The van der Waals surface area contributed by atoms with Gasteiger partial charge in [0.05, 0.1) is 17.4 Å². The van der Waals surface area contributed by atoms with Crippen LogP contribution in [0.4, 0.5) is 0 Å². The molecule has 1 aliphatic carbocycles. The van der Waals surface area contributed by atoms with Gasteiger partial charge < -0.3 is 15.0 Å². The molecule has 2 N–H and O–H groups in total. The van der Waals surface area contributed by atoms with Gasteiger partial charge in [0.15, 0.2) is 0 Å². The first-order chi connectivity index (χ1) is 12.6. The minimum atomic E-state index is -1.20. The standard InChI is InChI=1S/C20H19N3O3/c24-18(20(8-9-20)19(25)26)21-11-14-4-3-5-15(10-14)12-23-13-22-16-6-1-2-7-17(16)23/h1-7,10,13H,8-9,11-12H2,(H,21,24)(H,25,26). The van der Waals surface area contributed by atoms with Crippen molar-refractivity contribution in [3.63, 3.8) is 0 Å². The zero-order valence-corrected chi connectivity index (χ0v) is 14.2. The topological polar surface area (TPSA) is 84.2 Å². The number of amides is 1. The summed E-state index contributed by atoms with van der Waals surface area (Å²) >= 11 is 0. The van der Waals surface area contributed by atoms with Gasteiger partial charge in [-0.1, -0.05) is 36.4 Å². The van der Waals surface area contributed by atoms with E-state index in [0.717, 1.165) is 22.2 Å². The molecule has 0 aliphatic heterocycles. The van der Waals surface area contributed by atoms with Crippen molar-refractivity contribution >= 4 is 22.9 Å². The van der Waals surface area contributed by atoms with E-state index >= 15 is 0 Å². The molecule has 1 amide bonds. The first-order valence-corrected chi connectivity index (χ1v) is 8.58. The molecule has 1 aliphatic rings. The van der Waals surface area contributed by atoms with Crippen molar-refractivity contribution in [3.8, 4) is 0 Å². The third-order valence-electron chi connectivity index (χ3n) is 4.92. The van der Waals surface area contributed by atoms with Gasteiger partial charge in [0.25, 0.3) is 0 Å². The third-order valence-corrected chi connectivity index (χ3v) is 4.92. The highest BCUT2D eigenvalue weighted by Gasteiger charge is 2.56. The second kappa shape index (κ2) is 6.29. The summed E-state index contributed by atoms with van der Waals surface area (Å²) in [6.45, 7) is 1.01. The quantitative estimate of drug-likeness (QED) is 0.670. The van der Waals surface area contributed by atoms with Gasteiger partial charge in [-0.15, -0.1) is 0 Å². The molecule has 1 heterocycles. The zero-order valence-electron chi connectivity index (χ0n) is 14.2. The number of hydrogen-bond donors (Lipinski definition) is 2. The number of fused-ring (bicyclic) bond motifs is 1. The smallest absolute Gasteiger partial charge is 0.319 e. The summed E-state index contributed by atoms with van der Waals surface area (Å²) in [5.41, 5.74) is 2.87. The minimum Gasteiger partial charge on any atom is -0.480 e. The van der Waals surface area contributed by atoms with E-state index in [9.17, 15) is 14.7 Å². The maximum Gasteiger partial charge on any atom is 0.319 e. The molecule has 0 unspecified atom stereocenters. The summed E-state index contributed by atoms with van der Waals surface area (Å²) in [5, 5.41) is 11.9. The summed E-state index contributed by atoms with van der Waals surface area (Å²) in [6.07, 6.45) is 2.66. The minimum absolute atomic E-state index is 0.326. The Kier molecular flexibility index (Phi) is 3.95. The Balaban J connectivity index is 1.45. The summed E-state index contributed by atoms with van der Waals surface area (Å²) in [5.74, 6) is -1.42. The number of rotatable bonds is 6. The Bertz CT molecular complexity index is 989. The highest BCUT2D eigenvalue weighted by Crippen LogP contribution is 2.46. The van der Waals surface area contributed by atoms with Crippen LogP contribution >= 0.6 is 0 Å². The number of carbonyl (C=O) groups excluding carboxylic acids is 1. The monoisotopic (exact) mass is 349 g/mol. The lowest BCUT2D eigenvalue weighted by molar-refractivity contribution is -0.149. The fraction of sp³-hybridized carbons (Fsp3) is 0.250. The number of aromatic nitrogens is 2.